The number of hydrogen-bond acceptors (Lipinski definition) is 4. The Labute approximate surface area is 120 Å². The van der Waals surface area contributed by atoms with Crippen LogP contribution in [0.1, 0.15) is 25.3 Å². The number of esters is 1. The minimum absolute atomic E-state index is 0.161. The summed E-state index contributed by atoms with van der Waals surface area (Å²) in [5, 5.41) is 9.28. The topological polar surface area (TPSA) is 49.8 Å². The van der Waals surface area contributed by atoms with Gasteiger partial charge in [-0.25, -0.2) is 0 Å². The van der Waals surface area contributed by atoms with Gasteiger partial charge in [-0.15, -0.1) is 0 Å². The van der Waals surface area contributed by atoms with Crippen molar-refractivity contribution in [1.82, 2.24) is 4.90 Å². The third-order valence-corrected chi connectivity index (χ3v) is 3.84. The number of hydrogen-bond donors (Lipinski definition) is 1. The van der Waals surface area contributed by atoms with E-state index < -0.39 is 0 Å². The average molecular weight is 277 g/mol. The number of aliphatic hydroxyl groups is 1. The van der Waals surface area contributed by atoms with E-state index in [0.717, 1.165) is 24.9 Å². The fourth-order valence-electron chi connectivity index (χ4n) is 2.64. The van der Waals surface area contributed by atoms with Crippen LogP contribution >= 0.6 is 0 Å². The number of nitrogens with zero attached hydrogens (tertiary/aromatic N) is 1. The van der Waals surface area contributed by atoms with E-state index in [1.54, 1.807) is 0 Å². The number of aliphatic hydroxyl groups excluding tert-OH is 1. The molecule has 4 heteroatoms. The second-order valence-electron chi connectivity index (χ2n) is 5.47. The van der Waals surface area contributed by atoms with Gasteiger partial charge in [-0.2, -0.15) is 0 Å². The molecule has 1 heterocycles. The molecule has 1 aromatic rings. The van der Waals surface area contributed by atoms with Gasteiger partial charge < -0.3 is 9.84 Å². The quantitative estimate of drug-likeness (QED) is 0.806. The first-order valence-corrected chi connectivity index (χ1v) is 7.26. The molecule has 0 aliphatic carbocycles. The van der Waals surface area contributed by atoms with Crippen molar-refractivity contribution in [2.24, 2.45) is 5.92 Å². The van der Waals surface area contributed by atoms with Gasteiger partial charge in [0.25, 0.3) is 0 Å². The highest BCUT2D eigenvalue weighted by atomic mass is 16.5. The van der Waals surface area contributed by atoms with Crippen molar-refractivity contribution in [3.05, 3.63) is 35.9 Å². The van der Waals surface area contributed by atoms with Gasteiger partial charge in [0.2, 0.25) is 0 Å². The molecule has 0 spiro atoms. The molecule has 1 unspecified atom stereocenters. The zero-order valence-electron chi connectivity index (χ0n) is 12.0. The fraction of sp³-hybridized carbons (Fsp3) is 0.562. The molecular formula is C16H23NO3. The van der Waals surface area contributed by atoms with Crippen molar-refractivity contribution in [2.45, 2.75) is 32.4 Å². The molecule has 1 fully saturated rings. The second-order valence-corrected chi connectivity index (χ2v) is 5.47. The van der Waals surface area contributed by atoms with E-state index in [4.69, 9.17) is 4.74 Å². The predicted molar refractivity (Wildman–Crippen MR) is 77.1 cm³/mol. The Balaban J connectivity index is 1.77. The van der Waals surface area contributed by atoms with Gasteiger partial charge in [-0.05, 0) is 24.9 Å². The molecule has 20 heavy (non-hydrogen) atoms. The first-order chi connectivity index (χ1) is 9.70. The second kappa shape index (κ2) is 7.41. The lowest BCUT2D eigenvalue weighted by atomic mass is 10.1. The molecule has 1 aromatic carbocycles. The molecule has 0 aromatic heterocycles. The van der Waals surface area contributed by atoms with Gasteiger partial charge >= 0.3 is 5.97 Å². The van der Waals surface area contributed by atoms with E-state index in [1.165, 1.54) is 0 Å². The Morgan fingerprint density at radius 3 is 2.90 bits per heavy atom. The molecule has 4 nitrogen and oxygen atoms in total. The third kappa shape index (κ3) is 4.05. The Bertz CT molecular complexity index is 421. The summed E-state index contributed by atoms with van der Waals surface area (Å²) in [6.07, 6.45) is 2.11. The van der Waals surface area contributed by atoms with Crippen LogP contribution < -0.4 is 0 Å². The summed E-state index contributed by atoms with van der Waals surface area (Å²) in [6, 6.07) is 9.90. The molecule has 1 aliphatic heterocycles. The number of carbonyl (C=O) groups is 1. The highest BCUT2D eigenvalue weighted by molar-refractivity contribution is 5.72. The fourth-order valence-corrected chi connectivity index (χ4v) is 2.64. The monoisotopic (exact) mass is 277 g/mol. The summed E-state index contributed by atoms with van der Waals surface area (Å²) in [4.78, 5) is 14.2. The van der Waals surface area contributed by atoms with E-state index in [1.807, 2.05) is 37.3 Å². The van der Waals surface area contributed by atoms with Gasteiger partial charge in [0.1, 0.15) is 6.61 Å². The van der Waals surface area contributed by atoms with E-state index >= 15 is 0 Å². The Morgan fingerprint density at radius 2 is 2.20 bits per heavy atom. The third-order valence-electron chi connectivity index (χ3n) is 3.84. The number of rotatable bonds is 6. The van der Waals surface area contributed by atoms with Crippen LogP contribution in [0.4, 0.5) is 0 Å². The van der Waals surface area contributed by atoms with Crippen LogP contribution in [-0.2, 0) is 16.1 Å². The molecular weight excluding hydrogens is 254 g/mol. The Kier molecular flexibility index (Phi) is 5.56. The predicted octanol–water partition coefficient (Wildman–Crippen LogP) is 1.82. The average Bonchev–Trinajstić information content (AvgIpc) is 2.93. The first-order valence-electron chi connectivity index (χ1n) is 7.26. The minimum atomic E-state index is -0.169. The highest BCUT2D eigenvalue weighted by Crippen LogP contribution is 2.18. The van der Waals surface area contributed by atoms with E-state index in [0.29, 0.717) is 13.2 Å². The van der Waals surface area contributed by atoms with Crippen molar-refractivity contribution in [2.75, 3.05) is 19.7 Å². The summed E-state index contributed by atoms with van der Waals surface area (Å²) in [5.74, 6) is -0.330. The van der Waals surface area contributed by atoms with Crippen LogP contribution in [-0.4, -0.2) is 41.7 Å². The van der Waals surface area contributed by atoms with Crippen LogP contribution in [0.2, 0.25) is 0 Å². The molecule has 1 N–H and O–H groups in total. The molecule has 0 amide bonds. The van der Waals surface area contributed by atoms with Crippen LogP contribution in [0.15, 0.2) is 30.3 Å². The van der Waals surface area contributed by atoms with Crippen LogP contribution in [0, 0.1) is 5.92 Å². The lowest BCUT2D eigenvalue weighted by molar-refractivity contribution is -0.150. The van der Waals surface area contributed by atoms with Gasteiger partial charge in [0.15, 0.2) is 0 Å². The summed E-state index contributed by atoms with van der Waals surface area (Å²) in [7, 11) is 0. The number of ether oxygens (including phenoxy) is 1. The van der Waals surface area contributed by atoms with E-state index in [9.17, 15) is 9.90 Å². The van der Waals surface area contributed by atoms with Gasteiger partial charge in [0, 0.05) is 12.6 Å². The van der Waals surface area contributed by atoms with Gasteiger partial charge in [0.05, 0.1) is 12.5 Å². The summed E-state index contributed by atoms with van der Waals surface area (Å²) < 4.78 is 5.34. The van der Waals surface area contributed by atoms with Crippen LogP contribution in [0.5, 0.6) is 0 Å². The molecule has 0 bridgehead atoms. The highest BCUT2D eigenvalue weighted by Gasteiger charge is 2.27. The summed E-state index contributed by atoms with van der Waals surface area (Å²) in [6.45, 7) is 4.01. The van der Waals surface area contributed by atoms with Crippen molar-refractivity contribution < 1.29 is 14.6 Å². The number of likely N-dealkylation sites (tertiary alicyclic amines) is 1. The zero-order valence-corrected chi connectivity index (χ0v) is 12.0. The van der Waals surface area contributed by atoms with Crippen molar-refractivity contribution in [1.29, 1.82) is 0 Å². The van der Waals surface area contributed by atoms with Gasteiger partial charge in [-0.1, -0.05) is 37.3 Å². The standard InChI is InChI=1S/C16H23NO3/c1-13(10-17-9-5-8-15(17)11-18)16(19)20-12-14-6-3-2-4-7-14/h2-4,6-7,13,15,18H,5,8-12H2,1H3/t13?,15-/m1/s1. The van der Waals surface area contributed by atoms with E-state index in [-0.39, 0.29) is 24.5 Å². The molecule has 1 aliphatic rings. The van der Waals surface area contributed by atoms with Crippen molar-refractivity contribution >= 4 is 5.97 Å². The first kappa shape index (κ1) is 15.0. The number of carbonyl (C=O) groups excluding carboxylic acids is 1. The molecule has 1 saturated heterocycles. The summed E-state index contributed by atoms with van der Waals surface area (Å²) >= 11 is 0. The smallest absolute Gasteiger partial charge is 0.310 e. The SMILES string of the molecule is CC(CN1CCC[C@@H]1CO)C(=O)OCc1ccccc1. The molecule has 0 radical (unpaired) electrons. The lowest BCUT2D eigenvalue weighted by Gasteiger charge is -2.25. The Hall–Kier alpha value is -1.39. The zero-order chi connectivity index (χ0) is 14.4. The Morgan fingerprint density at radius 1 is 1.45 bits per heavy atom. The normalized spacial score (nSPS) is 20.8. The van der Waals surface area contributed by atoms with Gasteiger partial charge in [-0.3, -0.25) is 9.69 Å². The minimum Gasteiger partial charge on any atom is -0.461 e. The van der Waals surface area contributed by atoms with E-state index in [2.05, 4.69) is 4.90 Å². The molecule has 2 atom stereocenters. The van der Waals surface area contributed by atoms with Crippen LogP contribution in [0.3, 0.4) is 0 Å². The maximum atomic E-state index is 12.0. The maximum Gasteiger partial charge on any atom is 0.310 e. The largest absolute Gasteiger partial charge is 0.461 e. The summed E-state index contributed by atoms with van der Waals surface area (Å²) in [5.41, 5.74) is 1.00. The molecule has 2 rings (SSSR count). The number of benzene rings is 1. The molecule has 110 valence electrons. The lowest BCUT2D eigenvalue weighted by Crippen LogP contribution is -2.37. The molecule has 0 saturated carbocycles. The van der Waals surface area contributed by atoms with Crippen LogP contribution in [0.25, 0.3) is 0 Å². The maximum absolute atomic E-state index is 12.0. The van der Waals surface area contributed by atoms with Crippen molar-refractivity contribution in [3.63, 3.8) is 0 Å². The van der Waals surface area contributed by atoms with Crippen molar-refractivity contribution in [3.8, 4) is 0 Å².